The molecule has 0 saturated carbocycles. The Hall–Kier alpha value is -0.0800. The molecule has 1 aliphatic rings. The van der Waals surface area contributed by atoms with Crippen molar-refractivity contribution in [3.63, 3.8) is 0 Å². The molecule has 2 atom stereocenters. The maximum absolute atomic E-state index is 2.71. The van der Waals surface area contributed by atoms with E-state index in [1.54, 1.807) is 0 Å². The van der Waals surface area contributed by atoms with Gasteiger partial charge in [-0.3, -0.25) is 4.90 Å². The molecule has 0 aromatic heterocycles. The fourth-order valence-corrected chi connectivity index (χ4v) is 2.46. The van der Waals surface area contributed by atoms with Gasteiger partial charge in [0, 0.05) is 18.6 Å². The van der Waals surface area contributed by atoms with Gasteiger partial charge in [0.1, 0.15) is 0 Å². The van der Waals surface area contributed by atoms with Crippen molar-refractivity contribution in [2.75, 3.05) is 27.2 Å². The molecule has 0 radical (unpaired) electrons. The number of likely N-dealkylation sites (tertiary alicyclic amines) is 1. The van der Waals surface area contributed by atoms with Crippen LogP contribution < -0.4 is 0 Å². The van der Waals surface area contributed by atoms with Gasteiger partial charge in [0.05, 0.1) is 0 Å². The van der Waals surface area contributed by atoms with E-state index < -0.39 is 0 Å². The van der Waals surface area contributed by atoms with Gasteiger partial charge >= 0.3 is 0 Å². The van der Waals surface area contributed by atoms with Crippen molar-refractivity contribution < 1.29 is 0 Å². The molecular weight excluding hydrogens is 172 g/mol. The lowest BCUT2D eigenvalue weighted by Crippen LogP contribution is -2.49. The minimum atomic E-state index is 0.764. The van der Waals surface area contributed by atoms with E-state index in [-0.39, 0.29) is 0 Å². The SMILES string of the molecule is CCC(C)N1CCCCC1CN(C)C. The third kappa shape index (κ3) is 3.25. The van der Waals surface area contributed by atoms with Crippen LogP contribution in [-0.2, 0) is 0 Å². The van der Waals surface area contributed by atoms with Crippen molar-refractivity contribution in [2.45, 2.75) is 51.6 Å². The third-order valence-electron chi connectivity index (χ3n) is 3.41. The topological polar surface area (TPSA) is 6.48 Å². The van der Waals surface area contributed by atoms with Crippen LogP contribution in [0.15, 0.2) is 0 Å². The maximum Gasteiger partial charge on any atom is 0.0225 e. The number of piperidine rings is 1. The second-order valence-corrected chi connectivity index (χ2v) is 4.91. The Bertz CT molecular complexity index is 156. The molecule has 1 aliphatic heterocycles. The van der Waals surface area contributed by atoms with Crippen molar-refractivity contribution in [1.82, 2.24) is 9.80 Å². The monoisotopic (exact) mass is 198 g/mol. The van der Waals surface area contributed by atoms with Gasteiger partial charge in [-0.05, 0) is 46.8 Å². The summed E-state index contributed by atoms with van der Waals surface area (Å²) in [7, 11) is 4.37. The number of likely N-dealkylation sites (N-methyl/N-ethyl adjacent to an activating group) is 1. The van der Waals surface area contributed by atoms with Gasteiger partial charge in [-0.2, -0.15) is 0 Å². The number of nitrogens with zero attached hydrogens (tertiary/aromatic N) is 2. The molecule has 1 rings (SSSR count). The Balaban J connectivity index is 2.49. The van der Waals surface area contributed by atoms with E-state index >= 15 is 0 Å². The highest BCUT2D eigenvalue weighted by Crippen LogP contribution is 2.21. The summed E-state index contributed by atoms with van der Waals surface area (Å²) in [5, 5.41) is 0. The minimum absolute atomic E-state index is 0.764. The molecule has 0 aliphatic carbocycles. The molecule has 0 spiro atoms. The molecular formula is C12H26N2. The molecule has 14 heavy (non-hydrogen) atoms. The van der Waals surface area contributed by atoms with Gasteiger partial charge in [0.2, 0.25) is 0 Å². The molecule has 2 unspecified atom stereocenters. The fraction of sp³-hybridized carbons (Fsp3) is 1.00. The minimum Gasteiger partial charge on any atom is -0.308 e. The summed E-state index contributed by atoms with van der Waals surface area (Å²) in [5.41, 5.74) is 0. The number of hydrogen-bond acceptors (Lipinski definition) is 2. The van der Waals surface area contributed by atoms with Crippen molar-refractivity contribution in [3.05, 3.63) is 0 Å². The zero-order chi connectivity index (χ0) is 10.6. The first-order valence-electron chi connectivity index (χ1n) is 6.05. The highest BCUT2D eigenvalue weighted by Gasteiger charge is 2.25. The predicted molar refractivity (Wildman–Crippen MR) is 62.7 cm³/mol. The van der Waals surface area contributed by atoms with Gasteiger partial charge in [-0.15, -0.1) is 0 Å². The highest BCUT2D eigenvalue weighted by molar-refractivity contribution is 4.81. The van der Waals surface area contributed by atoms with Crippen LogP contribution in [0.2, 0.25) is 0 Å². The molecule has 1 heterocycles. The Morgan fingerprint density at radius 1 is 1.36 bits per heavy atom. The van der Waals surface area contributed by atoms with Gasteiger partial charge in [-0.1, -0.05) is 13.3 Å². The summed E-state index contributed by atoms with van der Waals surface area (Å²) in [6.07, 6.45) is 5.49. The summed E-state index contributed by atoms with van der Waals surface area (Å²) in [6.45, 7) is 7.21. The molecule has 2 nitrogen and oxygen atoms in total. The molecule has 1 fully saturated rings. The number of rotatable bonds is 4. The van der Waals surface area contributed by atoms with Crippen LogP contribution in [0.1, 0.15) is 39.5 Å². The summed E-state index contributed by atoms with van der Waals surface area (Å²) >= 11 is 0. The molecule has 0 aromatic rings. The smallest absolute Gasteiger partial charge is 0.0225 e. The number of hydrogen-bond donors (Lipinski definition) is 0. The van der Waals surface area contributed by atoms with Crippen LogP contribution in [0.25, 0.3) is 0 Å². The summed E-state index contributed by atoms with van der Waals surface area (Å²) in [6, 6.07) is 1.56. The molecule has 84 valence electrons. The van der Waals surface area contributed by atoms with Crippen molar-refractivity contribution >= 4 is 0 Å². The average molecular weight is 198 g/mol. The average Bonchev–Trinajstić information content (AvgIpc) is 2.16. The molecule has 0 amide bonds. The van der Waals surface area contributed by atoms with Gasteiger partial charge in [-0.25, -0.2) is 0 Å². The molecule has 0 aromatic carbocycles. The third-order valence-corrected chi connectivity index (χ3v) is 3.41. The van der Waals surface area contributed by atoms with Crippen molar-refractivity contribution in [3.8, 4) is 0 Å². The maximum atomic E-state index is 2.71. The Morgan fingerprint density at radius 2 is 2.07 bits per heavy atom. The first kappa shape index (κ1) is 12.0. The lowest BCUT2D eigenvalue weighted by molar-refractivity contribution is 0.0818. The fourth-order valence-electron chi connectivity index (χ4n) is 2.46. The van der Waals surface area contributed by atoms with E-state index in [0.717, 1.165) is 12.1 Å². The van der Waals surface area contributed by atoms with Gasteiger partial charge in [0.15, 0.2) is 0 Å². The van der Waals surface area contributed by atoms with Crippen LogP contribution in [-0.4, -0.2) is 49.1 Å². The first-order valence-corrected chi connectivity index (χ1v) is 6.05. The van der Waals surface area contributed by atoms with Crippen molar-refractivity contribution in [2.24, 2.45) is 0 Å². The summed E-state index contributed by atoms with van der Waals surface area (Å²) in [5.74, 6) is 0. The zero-order valence-electron chi connectivity index (χ0n) is 10.3. The summed E-state index contributed by atoms with van der Waals surface area (Å²) in [4.78, 5) is 5.04. The van der Waals surface area contributed by atoms with Crippen LogP contribution in [0.5, 0.6) is 0 Å². The lowest BCUT2D eigenvalue weighted by atomic mass is 9.99. The molecule has 2 heteroatoms. The standard InChI is InChI=1S/C12H26N2/c1-5-11(2)14-9-7-6-8-12(14)10-13(3)4/h11-12H,5-10H2,1-4H3. The zero-order valence-corrected chi connectivity index (χ0v) is 10.3. The Kier molecular flexibility index (Phi) is 4.90. The molecule has 0 bridgehead atoms. The first-order chi connectivity index (χ1) is 6.65. The van der Waals surface area contributed by atoms with E-state index in [2.05, 4.69) is 37.7 Å². The van der Waals surface area contributed by atoms with E-state index in [9.17, 15) is 0 Å². The van der Waals surface area contributed by atoms with E-state index in [1.165, 1.54) is 38.8 Å². The largest absolute Gasteiger partial charge is 0.308 e. The molecule has 1 saturated heterocycles. The van der Waals surface area contributed by atoms with E-state index in [0.29, 0.717) is 0 Å². The van der Waals surface area contributed by atoms with Crippen LogP contribution in [0.3, 0.4) is 0 Å². The second kappa shape index (κ2) is 5.72. The van der Waals surface area contributed by atoms with Crippen LogP contribution in [0.4, 0.5) is 0 Å². The van der Waals surface area contributed by atoms with Gasteiger partial charge < -0.3 is 4.90 Å². The highest BCUT2D eigenvalue weighted by atomic mass is 15.2. The van der Waals surface area contributed by atoms with Crippen molar-refractivity contribution in [1.29, 1.82) is 0 Å². The molecule has 0 N–H and O–H groups in total. The predicted octanol–water partition coefficient (Wildman–Crippen LogP) is 2.20. The summed E-state index contributed by atoms with van der Waals surface area (Å²) < 4.78 is 0. The van der Waals surface area contributed by atoms with E-state index in [1.807, 2.05) is 0 Å². The lowest BCUT2D eigenvalue weighted by Gasteiger charge is -2.40. The van der Waals surface area contributed by atoms with E-state index in [4.69, 9.17) is 0 Å². The quantitative estimate of drug-likeness (QED) is 0.683. The normalized spacial score (nSPS) is 26.8. The Morgan fingerprint density at radius 3 is 2.64 bits per heavy atom. The second-order valence-electron chi connectivity index (χ2n) is 4.91. The Labute approximate surface area is 89.3 Å². The van der Waals surface area contributed by atoms with Gasteiger partial charge in [0.25, 0.3) is 0 Å². The van der Waals surface area contributed by atoms with Crippen LogP contribution in [0, 0.1) is 0 Å². The van der Waals surface area contributed by atoms with Crippen LogP contribution >= 0.6 is 0 Å².